The van der Waals surface area contributed by atoms with Crippen LogP contribution in [0.1, 0.15) is 62.2 Å². The largest absolute Gasteiger partial charge is 0.478 e. The number of aromatic carboxylic acids is 1. The fourth-order valence-electron chi connectivity index (χ4n) is 7.43. The van der Waals surface area contributed by atoms with Crippen LogP contribution >= 0.6 is 0 Å². The lowest BCUT2D eigenvalue weighted by molar-refractivity contribution is -0.197. The first-order valence-electron chi connectivity index (χ1n) is 25.9. The maximum absolute atomic E-state index is 11.9. The van der Waals surface area contributed by atoms with E-state index in [1.165, 1.54) is 6.92 Å². The molecule has 3 aliphatic rings. The van der Waals surface area contributed by atoms with Crippen molar-refractivity contribution in [3.8, 4) is 22.5 Å². The smallest absolute Gasteiger partial charge is 0.336 e. The predicted molar refractivity (Wildman–Crippen MR) is 284 cm³/mol. The molecule has 5 rings (SSSR count). The van der Waals surface area contributed by atoms with Gasteiger partial charge >= 0.3 is 11.9 Å². The Morgan fingerprint density at radius 2 is 1.12 bits per heavy atom. The van der Waals surface area contributed by atoms with E-state index in [0.717, 1.165) is 22.9 Å². The number of rotatable bonds is 40. The Bertz CT molecular complexity index is 2370. The zero-order chi connectivity index (χ0) is 56.6. The van der Waals surface area contributed by atoms with Gasteiger partial charge in [-0.2, -0.15) is 0 Å². The standard InChI is InChI=1S/C34H62N2O15.C20H14N2O3.CH2O/c1-31(37)35(10-5-3-4-7-34(40)51-36-32(38)8-9-33(36)39)11-6-12-42-15-16-44-19-20-46-23-24-48-27-28-50-30-29-49-26-25-47-22-21-45-18-17-43-14-13-41-2;21-11-5-7-15-17(9-11)25-18-10-12(22)6-8-16(18)19(15)13-3-1-2-4-14(13)20(23)24;1-2/h3-30H2,1-2H3;1-10,21H,22H2,(H,23,24);1H2. The molecule has 2 heterocycles. The summed E-state index contributed by atoms with van der Waals surface area (Å²) in [7, 11) is 1.64. The van der Waals surface area contributed by atoms with Gasteiger partial charge in [0.15, 0.2) is 0 Å². The Morgan fingerprint density at radius 1 is 0.628 bits per heavy atom. The second-order valence-corrected chi connectivity index (χ2v) is 17.0. The van der Waals surface area contributed by atoms with Gasteiger partial charge in [-0.25, -0.2) is 9.59 Å². The number of anilines is 1. The fourth-order valence-corrected chi connectivity index (χ4v) is 7.43. The van der Waals surface area contributed by atoms with Crippen LogP contribution in [0.2, 0.25) is 0 Å². The zero-order valence-electron chi connectivity index (χ0n) is 45.0. The molecule has 1 fully saturated rings. The molecule has 0 saturated carbocycles. The number of fused-ring (bicyclic) bond motifs is 2. The number of nitrogen functional groups attached to an aromatic ring is 1. The van der Waals surface area contributed by atoms with Crippen molar-refractivity contribution in [3.05, 3.63) is 71.6 Å². The van der Waals surface area contributed by atoms with Crippen molar-refractivity contribution >= 4 is 53.1 Å². The third-order valence-electron chi connectivity index (χ3n) is 11.3. The molecular formula is C55H78N4O19. The number of nitrogens with two attached hydrogens (primary N) is 1. The van der Waals surface area contributed by atoms with E-state index in [9.17, 15) is 29.1 Å². The molecular weight excluding hydrogens is 1020 g/mol. The lowest BCUT2D eigenvalue weighted by atomic mass is 9.91. The molecule has 3 amide bonds. The number of carboxylic acids is 1. The molecule has 1 aliphatic carbocycles. The van der Waals surface area contributed by atoms with E-state index in [4.69, 9.17) is 72.6 Å². The number of carbonyl (C=O) groups excluding carboxylic acids is 5. The van der Waals surface area contributed by atoms with Crippen LogP contribution in [-0.2, 0) is 76.2 Å². The number of unbranched alkanes of at least 4 members (excludes halogenated alkanes) is 2. The molecule has 2 aromatic carbocycles. The first kappa shape index (κ1) is 66.0. The summed E-state index contributed by atoms with van der Waals surface area (Å²) >= 11 is 0. The van der Waals surface area contributed by atoms with Crippen molar-refractivity contribution < 1.29 is 90.5 Å². The van der Waals surface area contributed by atoms with Crippen LogP contribution in [0.3, 0.4) is 0 Å². The second-order valence-electron chi connectivity index (χ2n) is 17.0. The number of nitrogens with one attached hydrogen (secondary N) is 1. The summed E-state index contributed by atoms with van der Waals surface area (Å²) in [4.78, 5) is 73.1. The van der Waals surface area contributed by atoms with Gasteiger partial charge in [0.2, 0.25) is 5.91 Å². The van der Waals surface area contributed by atoms with Crippen LogP contribution in [-0.4, -0.2) is 197 Å². The maximum Gasteiger partial charge on any atom is 0.336 e. The first-order chi connectivity index (χ1) is 38.0. The Labute approximate surface area is 455 Å². The van der Waals surface area contributed by atoms with E-state index in [1.807, 2.05) is 12.9 Å². The summed E-state index contributed by atoms with van der Waals surface area (Å²) in [6, 6.07) is 17.2. The topological polar surface area (TPSA) is 294 Å². The summed E-state index contributed by atoms with van der Waals surface area (Å²) < 4.78 is 59.9. The minimum Gasteiger partial charge on any atom is -0.478 e. The van der Waals surface area contributed by atoms with Crippen LogP contribution < -0.4 is 11.1 Å². The van der Waals surface area contributed by atoms with Crippen molar-refractivity contribution in [2.75, 3.05) is 151 Å². The molecule has 0 radical (unpaired) electrons. The highest BCUT2D eigenvalue weighted by Gasteiger charge is 2.32. The SMILES string of the molecule is C=O.COCCOCCOCCOCCOCCOCCOCCOCCOCCOCCCN(CCCCCC(=O)ON1C(=O)CCC1=O)C(C)=O.N=c1ccc2c(-c3ccccc3C(=O)O)c3ccc(N)cc3oc-2c1. The Morgan fingerprint density at radius 3 is 1.62 bits per heavy atom. The number of benzene rings is 3. The monoisotopic (exact) mass is 1100 g/mol. The molecule has 4 N–H and O–H groups in total. The highest BCUT2D eigenvalue weighted by molar-refractivity contribution is 6.07. The lowest BCUT2D eigenvalue weighted by Gasteiger charge is -2.21. The summed E-state index contributed by atoms with van der Waals surface area (Å²) in [6.45, 7) is 14.2. The van der Waals surface area contributed by atoms with E-state index >= 15 is 0 Å². The van der Waals surface area contributed by atoms with Gasteiger partial charge in [-0.3, -0.25) is 14.4 Å². The Hall–Kier alpha value is -6.25. The number of ether oxygens (including phenoxy) is 10. The molecule has 0 spiro atoms. The number of carboxylic acid groups (broad SMARTS) is 1. The van der Waals surface area contributed by atoms with E-state index in [-0.39, 0.29) is 30.7 Å². The van der Waals surface area contributed by atoms with Crippen LogP contribution in [0.5, 0.6) is 0 Å². The number of amides is 3. The molecule has 1 saturated heterocycles. The number of methoxy groups -OCH3 is 1. The number of hydroxylamine groups is 2. The van der Waals surface area contributed by atoms with E-state index < -0.39 is 23.8 Å². The number of imide groups is 1. The highest BCUT2D eigenvalue weighted by Crippen LogP contribution is 2.41. The van der Waals surface area contributed by atoms with E-state index in [1.54, 1.807) is 66.6 Å². The summed E-state index contributed by atoms with van der Waals surface area (Å²) in [5.74, 6) is -2.08. The van der Waals surface area contributed by atoms with Crippen LogP contribution in [0, 0.1) is 5.41 Å². The average Bonchev–Trinajstić information content (AvgIpc) is 3.90. The number of carbonyl (C=O) groups is 6. The van der Waals surface area contributed by atoms with Crippen LogP contribution in [0.15, 0.2) is 65.1 Å². The first-order valence-corrected chi connectivity index (χ1v) is 25.9. The van der Waals surface area contributed by atoms with Gasteiger partial charge in [0, 0.05) is 87.3 Å². The molecule has 0 bridgehead atoms. The van der Waals surface area contributed by atoms with Crippen molar-refractivity contribution in [2.45, 2.75) is 51.9 Å². The van der Waals surface area contributed by atoms with Gasteiger partial charge in [-0.15, -0.1) is 5.06 Å². The second kappa shape index (κ2) is 40.9. The lowest BCUT2D eigenvalue weighted by Crippen LogP contribution is -2.32. The van der Waals surface area contributed by atoms with Gasteiger partial charge in [-0.1, -0.05) is 24.6 Å². The Balaban J connectivity index is 0.000000486. The van der Waals surface area contributed by atoms with Gasteiger partial charge in [0.1, 0.15) is 18.1 Å². The van der Waals surface area contributed by atoms with Crippen LogP contribution in [0.4, 0.5) is 5.69 Å². The summed E-state index contributed by atoms with van der Waals surface area (Å²) in [6.07, 6.45) is 2.92. The van der Waals surface area contributed by atoms with Gasteiger partial charge < -0.3 is 82.6 Å². The van der Waals surface area contributed by atoms with Crippen molar-refractivity contribution in [2.24, 2.45) is 0 Å². The van der Waals surface area contributed by atoms with E-state index in [2.05, 4.69) is 0 Å². The van der Waals surface area contributed by atoms with Crippen LogP contribution in [0.25, 0.3) is 33.4 Å². The quantitative estimate of drug-likeness (QED) is 0.0229. The van der Waals surface area contributed by atoms with Gasteiger partial charge in [0.05, 0.1) is 130 Å². The molecule has 0 unspecified atom stereocenters. The minimum absolute atomic E-state index is 0.0167. The molecule has 78 heavy (non-hydrogen) atoms. The zero-order valence-corrected chi connectivity index (χ0v) is 45.0. The van der Waals surface area contributed by atoms with Crippen molar-refractivity contribution in [3.63, 3.8) is 0 Å². The number of hydrogen-bond acceptors (Lipinski definition) is 20. The molecule has 432 valence electrons. The fraction of sp³-hybridized carbons (Fsp3) is 0.545. The molecule has 23 nitrogen and oxygen atoms in total. The number of hydrogen-bond donors (Lipinski definition) is 3. The molecule has 2 aliphatic heterocycles. The third kappa shape index (κ3) is 26.4. The molecule has 0 aromatic heterocycles. The predicted octanol–water partition coefficient (Wildman–Crippen LogP) is 4.97. The minimum atomic E-state index is -0.995. The highest BCUT2D eigenvalue weighted by atomic mass is 16.7. The normalized spacial score (nSPS) is 12.1. The van der Waals surface area contributed by atoms with Gasteiger partial charge in [0.25, 0.3) is 11.8 Å². The average molecular weight is 1100 g/mol. The molecule has 2 aromatic rings. The molecule has 0 atom stereocenters. The number of nitrogens with zero attached hydrogens (tertiary/aromatic N) is 2. The van der Waals surface area contributed by atoms with E-state index in [0.29, 0.717) is 191 Å². The molecule has 23 heteroatoms. The van der Waals surface area contributed by atoms with Crippen molar-refractivity contribution in [1.29, 1.82) is 5.41 Å². The summed E-state index contributed by atoms with van der Waals surface area (Å²) in [5, 5.41) is 19.1. The summed E-state index contributed by atoms with van der Waals surface area (Å²) in [5.41, 5.74) is 9.30. The maximum atomic E-state index is 11.9. The van der Waals surface area contributed by atoms with Gasteiger partial charge in [-0.05, 0) is 55.2 Å². The van der Waals surface area contributed by atoms with Crippen molar-refractivity contribution in [1.82, 2.24) is 9.96 Å². The third-order valence-corrected chi connectivity index (χ3v) is 11.3. The Kier molecular flexibility index (Phi) is 34.6.